The fourth-order valence-electron chi connectivity index (χ4n) is 1.50. The smallest absolute Gasteiger partial charge is 0.267 e. The van der Waals surface area contributed by atoms with Gasteiger partial charge in [0.1, 0.15) is 11.4 Å². The molecule has 1 aliphatic heterocycles. The number of nitrogens with zero attached hydrogens (tertiary/aromatic N) is 2. The number of amidine groups is 1. The Morgan fingerprint density at radius 1 is 1.56 bits per heavy atom. The van der Waals surface area contributed by atoms with Gasteiger partial charge in [-0.3, -0.25) is 14.8 Å². The quantitative estimate of drug-likeness (QED) is 0.760. The average molecular weight is 242 g/mol. The van der Waals surface area contributed by atoms with Crippen LogP contribution in [-0.2, 0) is 4.79 Å². The van der Waals surface area contributed by atoms with Gasteiger partial charge >= 0.3 is 0 Å². The minimum atomic E-state index is -0.168. The first-order valence-electron chi connectivity index (χ1n) is 5.63. The Bertz CT molecular complexity index is 505. The van der Waals surface area contributed by atoms with Crippen molar-refractivity contribution in [1.82, 2.24) is 15.6 Å². The van der Waals surface area contributed by atoms with E-state index in [4.69, 9.17) is 0 Å². The number of aliphatic imine (C=N–C) groups is 1. The van der Waals surface area contributed by atoms with E-state index in [2.05, 4.69) is 27.2 Å². The molecule has 92 valence electrons. The SMILES string of the molecule is C=CCNC(=O)C1=CCN=C(c2ccccn2)N1. The van der Waals surface area contributed by atoms with Gasteiger partial charge in [-0.05, 0) is 18.2 Å². The summed E-state index contributed by atoms with van der Waals surface area (Å²) < 4.78 is 0. The van der Waals surface area contributed by atoms with Crippen LogP contribution in [0.25, 0.3) is 0 Å². The van der Waals surface area contributed by atoms with Crippen molar-refractivity contribution in [3.8, 4) is 0 Å². The number of nitrogens with one attached hydrogen (secondary N) is 2. The van der Waals surface area contributed by atoms with Gasteiger partial charge in [-0.15, -0.1) is 6.58 Å². The molecule has 0 fully saturated rings. The van der Waals surface area contributed by atoms with Gasteiger partial charge in [0.15, 0.2) is 5.84 Å². The maximum Gasteiger partial charge on any atom is 0.267 e. The first-order chi connectivity index (χ1) is 8.81. The monoisotopic (exact) mass is 242 g/mol. The molecule has 18 heavy (non-hydrogen) atoms. The molecule has 2 heterocycles. The molecule has 0 aromatic carbocycles. The van der Waals surface area contributed by atoms with Crippen LogP contribution in [0.5, 0.6) is 0 Å². The molecular weight excluding hydrogens is 228 g/mol. The van der Waals surface area contributed by atoms with Crippen molar-refractivity contribution in [3.63, 3.8) is 0 Å². The number of pyridine rings is 1. The maximum atomic E-state index is 11.8. The number of amides is 1. The van der Waals surface area contributed by atoms with E-state index in [9.17, 15) is 4.79 Å². The zero-order valence-corrected chi connectivity index (χ0v) is 9.89. The Balaban J connectivity index is 2.05. The number of rotatable bonds is 4. The van der Waals surface area contributed by atoms with Crippen molar-refractivity contribution in [3.05, 3.63) is 54.5 Å². The number of aromatic nitrogens is 1. The molecule has 1 amide bonds. The number of hydrogen-bond acceptors (Lipinski definition) is 4. The van der Waals surface area contributed by atoms with Crippen LogP contribution in [0.2, 0.25) is 0 Å². The number of carbonyl (C=O) groups excluding carboxylic acids is 1. The molecule has 1 aliphatic rings. The van der Waals surface area contributed by atoms with Crippen molar-refractivity contribution in [2.24, 2.45) is 4.99 Å². The third-order valence-electron chi connectivity index (χ3n) is 2.36. The third-order valence-corrected chi connectivity index (χ3v) is 2.36. The fourth-order valence-corrected chi connectivity index (χ4v) is 1.50. The number of hydrogen-bond donors (Lipinski definition) is 2. The predicted octanol–water partition coefficient (Wildman–Crippen LogP) is 0.618. The summed E-state index contributed by atoms with van der Waals surface area (Å²) in [6, 6.07) is 5.55. The van der Waals surface area contributed by atoms with Gasteiger partial charge in [-0.25, -0.2) is 0 Å². The largest absolute Gasteiger partial charge is 0.347 e. The van der Waals surface area contributed by atoms with E-state index in [1.807, 2.05) is 18.2 Å². The highest BCUT2D eigenvalue weighted by Crippen LogP contribution is 2.03. The molecule has 5 nitrogen and oxygen atoms in total. The lowest BCUT2D eigenvalue weighted by Gasteiger charge is -2.16. The summed E-state index contributed by atoms with van der Waals surface area (Å²) in [5, 5.41) is 5.69. The van der Waals surface area contributed by atoms with Gasteiger partial charge in [0.2, 0.25) is 0 Å². The molecule has 1 aromatic rings. The van der Waals surface area contributed by atoms with Crippen molar-refractivity contribution in [2.75, 3.05) is 13.1 Å². The Hall–Kier alpha value is -2.43. The van der Waals surface area contributed by atoms with Crippen LogP contribution in [0, 0.1) is 0 Å². The van der Waals surface area contributed by atoms with E-state index in [1.165, 1.54) is 0 Å². The van der Waals surface area contributed by atoms with Crippen LogP contribution < -0.4 is 10.6 Å². The van der Waals surface area contributed by atoms with Crippen LogP contribution in [0.4, 0.5) is 0 Å². The van der Waals surface area contributed by atoms with Crippen LogP contribution >= 0.6 is 0 Å². The highest BCUT2D eigenvalue weighted by molar-refractivity contribution is 6.05. The summed E-state index contributed by atoms with van der Waals surface area (Å²) in [7, 11) is 0. The van der Waals surface area contributed by atoms with Gasteiger partial charge < -0.3 is 10.6 Å². The predicted molar refractivity (Wildman–Crippen MR) is 70.1 cm³/mol. The third kappa shape index (κ3) is 2.82. The number of carbonyl (C=O) groups is 1. The van der Waals surface area contributed by atoms with E-state index in [0.717, 1.165) is 5.69 Å². The van der Waals surface area contributed by atoms with E-state index in [1.54, 1.807) is 18.3 Å². The lowest BCUT2D eigenvalue weighted by molar-refractivity contribution is -0.117. The molecule has 0 aliphatic carbocycles. The van der Waals surface area contributed by atoms with Gasteiger partial charge in [-0.2, -0.15) is 0 Å². The van der Waals surface area contributed by atoms with Crippen molar-refractivity contribution >= 4 is 11.7 Å². The molecule has 1 aromatic heterocycles. The second-order valence-electron chi connectivity index (χ2n) is 3.65. The summed E-state index contributed by atoms with van der Waals surface area (Å²) >= 11 is 0. The zero-order chi connectivity index (χ0) is 12.8. The molecule has 0 saturated heterocycles. The summed E-state index contributed by atoms with van der Waals surface area (Å²) in [6.45, 7) is 4.46. The Morgan fingerprint density at radius 3 is 3.17 bits per heavy atom. The Morgan fingerprint density at radius 2 is 2.44 bits per heavy atom. The topological polar surface area (TPSA) is 66.4 Å². The molecule has 2 N–H and O–H groups in total. The van der Waals surface area contributed by atoms with Gasteiger partial charge in [-0.1, -0.05) is 12.1 Å². The highest BCUT2D eigenvalue weighted by Gasteiger charge is 2.15. The van der Waals surface area contributed by atoms with Gasteiger partial charge in [0, 0.05) is 12.7 Å². The Kier molecular flexibility index (Phi) is 3.86. The molecule has 0 saturated carbocycles. The van der Waals surface area contributed by atoms with Crippen molar-refractivity contribution in [2.45, 2.75) is 0 Å². The van der Waals surface area contributed by atoms with Gasteiger partial charge in [0.05, 0.1) is 6.54 Å². The second-order valence-corrected chi connectivity index (χ2v) is 3.65. The molecule has 2 rings (SSSR count). The fraction of sp³-hybridized carbons (Fsp3) is 0.154. The zero-order valence-electron chi connectivity index (χ0n) is 9.89. The Labute approximate surface area is 105 Å². The van der Waals surface area contributed by atoms with Crippen LogP contribution in [0.3, 0.4) is 0 Å². The minimum absolute atomic E-state index is 0.168. The molecule has 0 radical (unpaired) electrons. The van der Waals surface area contributed by atoms with E-state index >= 15 is 0 Å². The van der Waals surface area contributed by atoms with E-state index in [-0.39, 0.29) is 5.91 Å². The van der Waals surface area contributed by atoms with Crippen LogP contribution in [-0.4, -0.2) is 29.8 Å². The van der Waals surface area contributed by atoms with Crippen molar-refractivity contribution in [1.29, 1.82) is 0 Å². The van der Waals surface area contributed by atoms with Crippen LogP contribution in [0.15, 0.2) is 53.8 Å². The van der Waals surface area contributed by atoms with Gasteiger partial charge in [0.25, 0.3) is 5.91 Å². The van der Waals surface area contributed by atoms with E-state index in [0.29, 0.717) is 24.6 Å². The molecule has 0 bridgehead atoms. The normalized spacial score (nSPS) is 14.0. The molecule has 0 atom stereocenters. The lowest BCUT2D eigenvalue weighted by Crippen LogP contribution is -2.37. The molecule has 0 unspecified atom stereocenters. The summed E-state index contributed by atoms with van der Waals surface area (Å²) in [5.74, 6) is 0.445. The second kappa shape index (κ2) is 5.77. The molecule has 0 spiro atoms. The summed E-state index contributed by atoms with van der Waals surface area (Å²) in [4.78, 5) is 20.2. The summed E-state index contributed by atoms with van der Waals surface area (Å²) in [6.07, 6.45) is 5.06. The molecular formula is C13H14N4O. The van der Waals surface area contributed by atoms with Crippen molar-refractivity contribution < 1.29 is 4.79 Å². The minimum Gasteiger partial charge on any atom is -0.347 e. The van der Waals surface area contributed by atoms with Crippen LogP contribution in [0.1, 0.15) is 5.69 Å². The highest BCUT2D eigenvalue weighted by atomic mass is 16.2. The summed E-state index contributed by atoms with van der Waals surface area (Å²) in [5.41, 5.74) is 1.21. The first kappa shape index (κ1) is 12.0. The lowest BCUT2D eigenvalue weighted by atomic mass is 10.2. The van der Waals surface area contributed by atoms with E-state index < -0.39 is 0 Å². The first-order valence-corrected chi connectivity index (χ1v) is 5.63. The molecule has 5 heteroatoms. The average Bonchev–Trinajstić information content (AvgIpc) is 2.46. The standard InChI is InChI=1S/C13H14N4O/c1-2-7-16-13(18)11-6-9-15-12(17-11)10-5-3-4-8-14-10/h2-6,8H,1,7,9H2,(H,15,17)(H,16,18). The maximum absolute atomic E-state index is 11.8.